The number of rotatable bonds is 7. The van der Waals surface area contributed by atoms with Gasteiger partial charge in [-0.1, -0.05) is 28.1 Å². The Balaban J connectivity index is 2.32. The average Bonchev–Trinajstić information content (AvgIpc) is 2.34. The van der Waals surface area contributed by atoms with Crippen LogP contribution in [0.1, 0.15) is 24.9 Å². The number of hydrogen-bond donors (Lipinski definition) is 1. The number of halogens is 3. The van der Waals surface area contributed by atoms with Crippen LogP contribution in [0, 0.1) is 0 Å². The van der Waals surface area contributed by atoms with E-state index in [0.717, 1.165) is 10.0 Å². The lowest BCUT2D eigenvalue weighted by atomic mass is 10.1. The van der Waals surface area contributed by atoms with E-state index in [9.17, 15) is 13.6 Å². The topological polar surface area (TPSA) is 38.3 Å². The van der Waals surface area contributed by atoms with E-state index in [1.165, 1.54) is 0 Å². The van der Waals surface area contributed by atoms with Gasteiger partial charge in [0.15, 0.2) is 0 Å². The summed E-state index contributed by atoms with van der Waals surface area (Å²) in [5.41, 5.74) is 0.969. The van der Waals surface area contributed by atoms with Crippen LogP contribution in [0.5, 0.6) is 0 Å². The standard InChI is InChI=1S/C13H16BrF2NO2/c1-9(10-3-2-4-11(14)7-10)17-13(18)5-6-19-8-12(15)16/h2-4,7,9,12H,5-6,8H2,1H3,(H,17,18). The van der Waals surface area contributed by atoms with Gasteiger partial charge in [0.25, 0.3) is 6.43 Å². The minimum absolute atomic E-state index is 0.00137. The average molecular weight is 336 g/mol. The molecule has 1 amide bonds. The minimum Gasteiger partial charge on any atom is -0.375 e. The molecule has 0 aliphatic heterocycles. The summed E-state index contributed by atoms with van der Waals surface area (Å²) in [5, 5.41) is 2.78. The van der Waals surface area contributed by atoms with Gasteiger partial charge in [0.2, 0.25) is 5.91 Å². The summed E-state index contributed by atoms with van der Waals surface area (Å²) >= 11 is 3.36. The fraction of sp³-hybridized carbons (Fsp3) is 0.462. The highest BCUT2D eigenvalue weighted by atomic mass is 79.9. The van der Waals surface area contributed by atoms with Crippen molar-refractivity contribution in [2.45, 2.75) is 25.8 Å². The molecule has 0 aliphatic rings. The van der Waals surface area contributed by atoms with Gasteiger partial charge in [0, 0.05) is 10.9 Å². The first-order valence-corrected chi connectivity index (χ1v) is 6.69. The molecule has 0 bridgehead atoms. The van der Waals surface area contributed by atoms with Crippen LogP contribution in [-0.4, -0.2) is 25.5 Å². The number of ether oxygens (including phenoxy) is 1. The summed E-state index contributed by atoms with van der Waals surface area (Å²) in [6, 6.07) is 7.46. The molecule has 0 saturated heterocycles. The molecule has 1 aromatic carbocycles. The first-order valence-electron chi connectivity index (χ1n) is 5.89. The number of hydrogen-bond acceptors (Lipinski definition) is 2. The fourth-order valence-electron chi connectivity index (χ4n) is 1.51. The van der Waals surface area contributed by atoms with E-state index in [1.807, 2.05) is 31.2 Å². The highest BCUT2D eigenvalue weighted by Gasteiger charge is 2.10. The van der Waals surface area contributed by atoms with Crippen molar-refractivity contribution in [2.75, 3.05) is 13.2 Å². The molecule has 19 heavy (non-hydrogen) atoms. The molecule has 1 atom stereocenters. The molecular formula is C13H16BrF2NO2. The molecule has 0 aliphatic carbocycles. The summed E-state index contributed by atoms with van der Waals surface area (Å²) in [4.78, 5) is 11.6. The lowest BCUT2D eigenvalue weighted by molar-refractivity contribution is -0.123. The third-order valence-electron chi connectivity index (χ3n) is 2.44. The third-order valence-corrected chi connectivity index (χ3v) is 2.94. The molecule has 0 heterocycles. The Morgan fingerprint density at radius 3 is 2.84 bits per heavy atom. The van der Waals surface area contributed by atoms with Crippen LogP contribution in [0.25, 0.3) is 0 Å². The van der Waals surface area contributed by atoms with Crippen LogP contribution < -0.4 is 5.32 Å². The normalized spacial score (nSPS) is 12.5. The summed E-state index contributed by atoms with van der Waals surface area (Å²) in [6.07, 6.45) is -2.42. The van der Waals surface area contributed by atoms with Gasteiger partial charge in [-0.3, -0.25) is 4.79 Å². The molecule has 0 saturated carbocycles. The maximum absolute atomic E-state index is 11.8. The highest BCUT2D eigenvalue weighted by molar-refractivity contribution is 9.10. The van der Waals surface area contributed by atoms with E-state index in [2.05, 4.69) is 26.0 Å². The first kappa shape index (κ1) is 16.0. The van der Waals surface area contributed by atoms with Crippen LogP contribution in [0.4, 0.5) is 8.78 Å². The Morgan fingerprint density at radius 2 is 2.21 bits per heavy atom. The van der Waals surface area contributed by atoms with Gasteiger partial charge in [-0.05, 0) is 24.6 Å². The summed E-state index contributed by atoms with van der Waals surface area (Å²) in [6.45, 7) is 1.23. The van der Waals surface area contributed by atoms with Crippen molar-refractivity contribution in [1.29, 1.82) is 0 Å². The van der Waals surface area contributed by atoms with Crippen molar-refractivity contribution in [2.24, 2.45) is 0 Å². The molecular weight excluding hydrogens is 320 g/mol. The zero-order valence-corrected chi connectivity index (χ0v) is 12.1. The van der Waals surface area contributed by atoms with E-state index in [4.69, 9.17) is 0 Å². The monoisotopic (exact) mass is 335 g/mol. The van der Waals surface area contributed by atoms with Gasteiger partial charge in [0.05, 0.1) is 12.6 Å². The van der Waals surface area contributed by atoms with Gasteiger partial charge in [-0.15, -0.1) is 0 Å². The van der Waals surface area contributed by atoms with Crippen LogP contribution >= 0.6 is 15.9 Å². The number of benzene rings is 1. The van der Waals surface area contributed by atoms with Gasteiger partial charge in [-0.25, -0.2) is 8.78 Å². The maximum atomic E-state index is 11.8. The fourth-order valence-corrected chi connectivity index (χ4v) is 1.93. The Kier molecular flexibility index (Phi) is 6.94. The summed E-state index contributed by atoms with van der Waals surface area (Å²) in [5.74, 6) is -0.221. The largest absolute Gasteiger partial charge is 0.375 e. The second kappa shape index (κ2) is 8.22. The lowest BCUT2D eigenvalue weighted by Crippen LogP contribution is -2.27. The number of amides is 1. The smallest absolute Gasteiger partial charge is 0.261 e. The Bertz CT molecular complexity index is 415. The quantitative estimate of drug-likeness (QED) is 0.776. The molecule has 6 heteroatoms. The highest BCUT2D eigenvalue weighted by Crippen LogP contribution is 2.17. The van der Waals surface area contributed by atoms with Crippen molar-refractivity contribution in [3.05, 3.63) is 34.3 Å². The number of nitrogens with one attached hydrogen (secondary N) is 1. The van der Waals surface area contributed by atoms with Crippen LogP contribution in [0.2, 0.25) is 0 Å². The van der Waals surface area contributed by atoms with Crippen LogP contribution in [0.3, 0.4) is 0 Å². The minimum atomic E-state index is -2.50. The molecule has 0 spiro atoms. The van der Waals surface area contributed by atoms with Gasteiger partial charge < -0.3 is 10.1 Å². The molecule has 0 fully saturated rings. The molecule has 1 rings (SSSR count). The molecule has 0 aromatic heterocycles. The molecule has 1 aromatic rings. The van der Waals surface area contributed by atoms with E-state index in [-0.39, 0.29) is 25.0 Å². The number of carbonyl (C=O) groups is 1. The van der Waals surface area contributed by atoms with E-state index >= 15 is 0 Å². The molecule has 0 radical (unpaired) electrons. The zero-order chi connectivity index (χ0) is 14.3. The van der Waals surface area contributed by atoms with Gasteiger partial charge in [-0.2, -0.15) is 0 Å². The first-order chi connectivity index (χ1) is 8.99. The predicted octanol–water partition coefficient (Wildman–Crippen LogP) is 3.30. The number of carbonyl (C=O) groups excluding carboxylic acids is 1. The summed E-state index contributed by atoms with van der Waals surface area (Å²) < 4.78 is 29.2. The van der Waals surface area contributed by atoms with Gasteiger partial charge >= 0.3 is 0 Å². The maximum Gasteiger partial charge on any atom is 0.261 e. The van der Waals surface area contributed by atoms with Crippen molar-refractivity contribution in [1.82, 2.24) is 5.32 Å². The van der Waals surface area contributed by atoms with E-state index in [1.54, 1.807) is 0 Å². The van der Waals surface area contributed by atoms with Crippen molar-refractivity contribution < 1.29 is 18.3 Å². The Hall–Kier alpha value is -1.01. The van der Waals surface area contributed by atoms with Crippen LogP contribution in [-0.2, 0) is 9.53 Å². The lowest BCUT2D eigenvalue weighted by Gasteiger charge is -2.14. The molecule has 1 unspecified atom stereocenters. The second-order valence-corrected chi connectivity index (χ2v) is 4.98. The van der Waals surface area contributed by atoms with E-state index < -0.39 is 13.0 Å². The predicted molar refractivity (Wildman–Crippen MR) is 72.1 cm³/mol. The van der Waals surface area contributed by atoms with E-state index in [0.29, 0.717) is 0 Å². The zero-order valence-electron chi connectivity index (χ0n) is 10.5. The number of alkyl halides is 2. The van der Waals surface area contributed by atoms with Crippen molar-refractivity contribution >= 4 is 21.8 Å². The molecule has 3 nitrogen and oxygen atoms in total. The molecule has 1 N–H and O–H groups in total. The Morgan fingerprint density at radius 1 is 1.47 bits per heavy atom. The molecule has 106 valence electrons. The van der Waals surface area contributed by atoms with Crippen molar-refractivity contribution in [3.63, 3.8) is 0 Å². The third kappa shape index (κ3) is 6.63. The van der Waals surface area contributed by atoms with Gasteiger partial charge in [0.1, 0.15) is 6.61 Å². The second-order valence-electron chi connectivity index (χ2n) is 4.06. The van der Waals surface area contributed by atoms with Crippen molar-refractivity contribution in [3.8, 4) is 0 Å². The SMILES string of the molecule is CC(NC(=O)CCOCC(F)F)c1cccc(Br)c1. The summed E-state index contributed by atoms with van der Waals surface area (Å²) in [7, 11) is 0. The Labute approximate surface area is 119 Å². The van der Waals surface area contributed by atoms with Crippen LogP contribution in [0.15, 0.2) is 28.7 Å².